The SMILES string of the molecule is COc1ccc([N+](=O)[O-])cc1NC(=O)Nc1ccc(C)c(C)c1. The Morgan fingerprint density at radius 2 is 1.83 bits per heavy atom. The van der Waals surface area contributed by atoms with E-state index in [1.807, 2.05) is 26.0 Å². The Hall–Kier alpha value is -3.09. The van der Waals surface area contributed by atoms with Crippen LogP contribution in [-0.2, 0) is 0 Å². The molecule has 0 saturated heterocycles. The van der Waals surface area contributed by atoms with Gasteiger partial charge in [-0.05, 0) is 43.2 Å². The fourth-order valence-electron chi connectivity index (χ4n) is 2.01. The summed E-state index contributed by atoms with van der Waals surface area (Å²) >= 11 is 0. The minimum absolute atomic E-state index is 0.132. The lowest BCUT2D eigenvalue weighted by molar-refractivity contribution is -0.384. The summed E-state index contributed by atoms with van der Waals surface area (Å²) < 4.78 is 5.10. The van der Waals surface area contributed by atoms with Gasteiger partial charge in [0.1, 0.15) is 5.75 Å². The van der Waals surface area contributed by atoms with E-state index in [1.165, 1.54) is 25.3 Å². The molecule has 2 amide bonds. The van der Waals surface area contributed by atoms with Gasteiger partial charge >= 0.3 is 6.03 Å². The van der Waals surface area contributed by atoms with Gasteiger partial charge < -0.3 is 15.4 Å². The van der Waals surface area contributed by atoms with E-state index in [0.29, 0.717) is 11.4 Å². The number of methoxy groups -OCH3 is 1. The van der Waals surface area contributed by atoms with Crippen molar-refractivity contribution in [1.82, 2.24) is 0 Å². The Morgan fingerprint density at radius 1 is 1.09 bits per heavy atom. The summed E-state index contributed by atoms with van der Waals surface area (Å²) in [5.41, 5.74) is 2.90. The molecule has 2 aromatic rings. The van der Waals surface area contributed by atoms with E-state index in [-0.39, 0.29) is 11.4 Å². The average Bonchev–Trinajstić information content (AvgIpc) is 2.50. The normalized spacial score (nSPS) is 10.0. The summed E-state index contributed by atoms with van der Waals surface area (Å²) in [7, 11) is 1.42. The number of carbonyl (C=O) groups excluding carboxylic acids is 1. The second-order valence-electron chi connectivity index (χ2n) is 5.02. The number of nitrogens with one attached hydrogen (secondary N) is 2. The molecule has 23 heavy (non-hydrogen) atoms. The Labute approximate surface area is 133 Å². The zero-order valence-corrected chi connectivity index (χ0v) is 13.0. The monoisotopic (exact) mass is 315 g/mol. The van der Waals surface area contributed by atoms with E-state index in [4.69, 9.17) is 4.74 Å². The molecule has 0 aliphatic heterocycles. The van der Waals surface area contributed by atoms with Crippen molar-refractivity contribution < 1.29 is 14.5 Å². The number of nitrogens with zero attached hydrogens (tertiary/aromatic N) is 1. The van der Waals surface area contributed by atoms with Crippen LogP contribution in [-0.4, -0.2) is 18.1 Å². The predicted molar refractivity (Wildman–Crippen MR) is 88.2 cm³/mol. The maximum atomic E-state index is 12.1. The van der Waals surface area contributed by atoms with E-state index in [9.17, 15) is 14.9 Å². The molecule has 0 aliphatic rings. The molecule has 0 aliphatic carbocycles. The van der Waals surface area contributed by atoms with Crippen LogP contribution in [0.5, 0.6) is 5.75 Å². The Morgan fingerprint density at radius 3 is 2.43 bits per heavy atom. The molecular weight excluding hydrogens is 298 g/mol. The minimum Gasteiger partial charge on any atom is -0.495 e. The number of benzene rings is 2. The summed E-state index contributed by atoms with van der Waals surface area (Å²) in [6, 6.07) is 9.02. The van der Waals surface area contributed by atoms with Gasteiger partial charge in [-0.2, -0.15) is 0 Å². The quantitative estimate of drug-likeness (QED) is 0.661. The van der Waals surface area contributed by atoms with Crippen molar-refractivity contribution >= 4 is 23.1 Å². The predicted octanol–water partition coefficient (Wildman–Crippen LogP) is 3.86. The highest BCUT2D eigenvalue weighted by atomic mass is 16.6. The minimum atomic E-state index is -0.536. The molecule has 0 spiro atoms. The molecule has 0 bridgehead atoms. The molecule has 0 heterocycles. The molecule has 2 rings (SSSR count). The molecule has 7 nitrogen and oxygen atoms in total. The molecule has 0 unspecified atom stereocenters. The van der Waals surface area contributed by atoms with Crippen LogP contribution in [0.15, 0.2) is 36.4 Å². The second kappa shape index (κ2) is 6.78. The van der Waals surface area contributed by atoms with Crippen LogP contribution in [0.3, 0.4) is 0 Å². The number of amides is 2. The number of nitro groups is 1. The zero-order valence-electron chi connectivity index (χ0n) is 13.0. The summed E-state index contributed by atoms with van der Waals surface area (Å²) in [6.45, 7) is 3.93. The van der Waals surface area contributed by atoms with Gasteiger partial charge in [0.05, 0.1) is 17.7 Å². The highest BCUT2D eigenvalue weighted by molar-refractivity contribution is 6.01. The van der Waals surface area contributed by atoms with Crippen LogP contribution in [0.1, 0.15) is 11.1 Å². The summed E-state index contributed by atoms with van der Waals surface area (Å²) in [5, 5.41) is 16.1. The van der Waals surface area contributed by atoms with E-state index < -0.39 is 11.0 Å². The number of carbonyl (C=O) groups is 1. The third-order valence-corrected chi connectivity index (χ3v) is 3.41. The van der Waals surface area contributed by atoms with Crippen LogP contribution in [0.25, 0.3) is 0 Å². The van der Waals surface area contributed by atoms with Crippen molar-refractivity contribution in [2.24, 2.45) is 0 Å². The molecule has 120 valence electrons. The van der Waals surface area contributed by atoms with Gasteiger partial charge in [-0.1, -0.05) is 6.07 Å². The number of urea groups is 1. The van der Waals surface area contributed by atoms with Crippen LogP contribution < -0.4 is 15.4 Å². The topological polar surface area (TPSA) is 93.5 Å². The molecule has 0 radical (unpaired) electrons. The first-order valence-electron chi connectivity index (χ1n) is 6.88. The first-order valence-corrected chi connectivity index (χ1v) is 6.88. The van der Waals surface area contributed by atoms with Gasteiger partial charge in [0, 0.05) is 17.8 Å². The third kappa shape index (κ3) is 3.97. The molecular formula is C16H17N3O4. The van der Waals surface area contributed by atoms with Gasteiger partial charge in [0.2, 0.25) is 0 Å². The fourth-order valence-corrected chi connectivity index (χ4v) is 2.01. The maximum absolute atomic E-state index is 12.1. The number of nitro benzene ring substituents is 1. The van der Waals surface area contributed by atoms with E-state index in [1.54, 1.807) is 6.07 Å². The fraction of sp³-hybridized carbons (Fsp3) is 0.188. The highest BCUT2D eigenvalue weighted by Crippen LogP contribution is 2.29. The van der Waals surface area contributed by atoms with Crippen molar-refractivity contribution in [2.45, 2.75) is 13.8 Å². The van der Waals surface area contributed by atoms with Gasteiger partial charge in [0.25, 0.3) is 5.69 Å². The van der Waals surface area contributed by atoms with Crippen LogP contribution >= 0.6 is 0 Å². The molecule has 2 aromatic carbocycles. The van der Waals surface area contributed by atoms with Crippen LogP contribution in [0.4, 0.5) is 21.9 Å². The molecule has 2 N–H and O–H groups in total. The van der Waals surface area contributed by atoms with Crippen molar-refractivity contribution in [1.29, 1.82) is 0 Å². The first kappa shape index (κ1) is 16.3. The zero-order chi connectivity index (χ0) is 17.0. The number of hydrogen-bond acceptors (Lipinski definition) is 4. The van der Waals surface area contributed by atoms with Crippen molar-refractivity contribution in [3.05, 3.63) is 57.6 Å². The lowest BCUT2D eigenvalue weighted by atomic mass is 10.1. The average molecular weight is 315 g/mol. The number of rotatable bonds is 4. The lowest BCUT2D eigenvalue weighted by Gasteiger charge is -2.12. The van der Waals surface area contributed by atoms with Crippen LogP contribution in [0, 0.1) is 24.0 Å². The Kier molecular flexibility index (Phi) is 4.80. The third-order valence-electron chi connectivity index (χ3n) is 3.41. The molecule has 0 atom stereocenters. The highest BCUT2D eigenvalue weighted by Gasteiger charge is 2.13. The Balaban J connectivity index is 2.17. The van der Waals surface area contributed by atoms with Gasteiger partial charge in [0.15, 0.2) is 0 Å². The van der Waals surface area contributed by atoms with Crippen LogP contribution in [0.2, 0.25) is 0 Å². The van der Waals surface area contributed by atoms with Crippen molar-refractivity contribution in [3.8, 4) is 5.75 Å². The molecule has 0 aromatic heterocycles. The smallest absolute Gasteiger partial charge is 0.323 e. The molecule has 7 heteroatoms. The van der Waals surface area contributed by atoms with Crippen molar-refractivity contribution in [3.63, 3.8) is 0 Å². The summed E-state index contributed by atoms with van der Waals surface area (Å²) in [6.07, 6.45) is 0. The number of ether oxygens (including phenoxy) is 1. The van der Waals surface area contributed by atoms with Gasteiger partial charge in [-0.25, -0.2) is 4.79 Å². The van der Waals surface area contributed by atoms with Gasteiger partial charge in [-0.3, -0.25) is 10.1 Å². The summed E-state index contributed by atoms with van der Waals surface area (Å²) in [4.78, 5) is 22.4. The second-order valence-corrected chi connectivity index (χ2v) is 5.02. The van der Waals surface area contributed by atoms with E-state index in [0.717, 1.165) is 11.1 Å². The number of non-ortho nitro benzene ring substituents is 1. The lowest BCUT2D eigenvalue weighted by Crippen LogP contribution is -2.20. The van der Waals surface area contributed by atoms with E-state index in [2.05, 4.69) is 10.6 Å². The number of hydrogen-bond donors (Lipinski definition) is 2. The molecule has 0 fully saturated rings. The number of aryl methyl sites for hydroxylation is 2. The van der Waals surface area contributed by atoms with Gasteiger partial charge in [-0.15, -0.1) is 0 Å². The van der Waals surface area contributed by atoms with E-state index >= 15 is 0 Å². The standard InChI is InChI=1S/C16H17N3O4/c1-10-4-5-12(8-11(10)2)17-16(20)18-14-9-13(19(21)22)6-7-15(14)23-3/h4-9H,1-3H3,(H2,17,18,20). The largest absolute Gasteiger partial charge is 0.495 e. The summed E-state index contributed by atoms with van der Waals surface area (Å²) in [5.74, 6) is 0.339. The molecule has 0 saturated carbocycles. The first-order chi connectivity index (χ1) is 10.9. The Bertz CT molecular complexity index is 759. The maximum Gasteiger partial charge on any atom is 0.323 e. The van der Waals surface area contributed by atoms with Crippen molar-refractivity contribution in [2.75, 3.05) is 17.7 Å². The number of anilines is 2.